The number of rotatable bonds is 0. The third-order valence-corrected chi connectivity index (χ3v) is 1.09. The molecule has 1 radical (unpaired) electrons. The molecule has 4 heteroatoms. The molecule has 0 aliphatic carbocycles. The fraction of sp³-hybridized carbons (Fsp3) is 1.00. The molecule has 2 N–H and O–H groups in total. The van der Waals surface area contributed by atoms with Crippen molar-refractivity contribution in [2.45, 2.75) is 0 Å². The Morgan fingerprint density at radius 2 is 1.75 bits per heavy atom. The molecule has 0 unspecified atom stereocenters. The predicted molar refractivity (Wildman–Crippen MR) is 26.2 cm³/mol. The van der Waals surface area contributed by atoms with Gasteiger partial charge in [-0.05, 0) is 0 Å². The van der Waals surface area contributed by atoms with Crippen LogP contribution in [-0.4, -0.2) is 36.4 Å². The molecule has 8 heavy (non-hydrogen) atoms. The van der Waals surface area contributed by atoms with Crippen LogP contribution < -0.4 is 5.32 Å². The van der Waals surface area contributed by atoms with Crippen molar-refractivity contribution in [3.63, 3.8) is 0 Å². The summed E-state index contributed by atoms with van der Waals surface area (Å²) in [4.78, 5) is 0. The molecule has 1 rings (SSSR count). The third-order valence-electron chi connectivity index (χ3n) is 1.09. The van der Waals surface area contributed by atoms with Gasteiger partial charge in [-0.25, -0.2) is 0 Å². The molecule has 0 spiro atoms. The molecule has 0 aromatic carbocycles. The number of hydroxylamine groups is 2. The van der Waals surface area contributed by atoms with Gasteiger partial charge in [-0.3, -0.25) is 0 Å². The van der Waals surface area contributed by atoms with Crippen molar-refractivity contribution in [3.8, 4) is 0 Å². The van der Waals surface area contributed by atoms with E-state index in [0.717, 1.165) is 26.2 Å². The Morgan fingerprint density at radius 1 is 1.25 bits per heavy atom. The molecule has 0 aromatic heterocycles. The maximum absolute atomic E-state index is 8.70. The van der Waals surface area contributed by atoms with E-state index in [1.165, 1.54) is 5.06 Å². The van der Waals surface area contributed by atoms with E-state index in [2.05, 4.69) is 5.32 Å². The standard InChI is InChI=1S/C4H10N2O.Cu/c7-6-3-1-5-2-4-6;/h5,7H,1-4H2;. The summed E-state index contributed by atoms with van der Waals surface area (Å²) in [5.41, 5.74) is 0. The van der Waals surface area contributed by atoms with E-state index < -0.39 is 0 Å². The van der Waals surface area contributed by atoms with Gasteiger partial charge in [0.25, 0.3) is 0 Å². The number of nitrogens with one attached hydrogen (secondary N) is 1. The molecule has 0 atom stereocenters. The van der Waals surface area contributed by atoms with Gasteiger partial charge >= 0.3 is 0 Å². The van der Waals surface area contributed by atoms with Crippen molar-refractivity contribution in [3.05, 3.63) is 0 Å². The molecule has 0 bridgehead atoms. The Morgan fingerprint density at radius 3 is 2.00 bits per heavy atom. The number of piperazine rings is 1. The first-order valence-corrected chi connectivity index (χ1v) is 2.54. The smallest absolute Gasteiger partial charge is 0.0363 e. The number of hydrogen-bond donors (Lipinski definition) is 2. The van der Waals surface area contributed by atoms with Crippen LogP contribution in [0.1, 0.15) is 0 Å². The Labute approximate surface area is 59.5 Å². The molecule has 53 valence electrons. The van der Waals surface area contributed by atoms with E-state index in [1.54, 1.807) is 0 Å². The van der Waals surface area contributed by atoms with Gasteiger partial charge in [0.05, 0.1) is 0 Å². The van der Waals surface area contributed by atoms with Crippen molar-refractivity contribution in [1.82, 2.24) is 10.4 Å². The SMILES string of the molecule is ON1CCNCC1.[Cu]. The largest absolute Gasteiger partial charge is 0.314 e. The maximum atomic E-state index is 8.70. The summed E-state index contributed by atoms with van der Waals surface area (Å²) in [6, 6.07) is 0. The average Bonchev–Trinajstić information content (AvgIpc) is 1.69. The van der Waals surface area contributed by atoms with Gasteiger partial charge in [0.15, 0.2) is 0 Å². The van der Waals surface area contributed by atoms with Crippen molar-refractivity contribution in [2.75, 3.05) is 26.2 Å². The second-order valence-corrected chi connectivity index (χ2v) is 1.70. The van der Waals surface area contributed by atoms with E-state index in [9.17, 15) is 0 Å². The number of hydrogen-bond acceptors (Lipinski definition) is 3. The van der Waals surface area contributed by atoms with Gasteiger partial charge in [-0.1, -0.05) is 0 Å². The minimum atomic E-state index is 0. The van der Waals surface area contributed by atoms with Crippen molar-refractivity contribution in [1.29, 1.82) is 0 Å². The molecule has 1 aliphatic rings. The van der Waals surface area contributed by atoms with Gasteiger partial charge in [-0.2, -0.15) is 5.06 Å². The minimum Gasteiger partial charge on any atom is -0.314 e. The van der Waals surface area contributed by atoms with Gasteiger partial charge in [0.1, 0.15) is 0 Å². The van der Waals surface area contributed by atoms with Crippen LogP contribution in [0.4, 0.5) is 0 Å². The van der Waals surface area contributed by atoms with Crippen LogP contribution >= 0.6 is 0 Å². The van der Waals surface area contributed by atoms with Crippen molar-refractivity contribution >= 4 is 0 Å². The molecule has 0 saturated carbocycles. The van der Waals surface area contributed by atoms with Gasteiger partial charge in [0, 0.05) is 43.2 Å². The van der Waals surface area contributed by atoms with E-state index in [4.69, 9.17) is 5.21 Å². The molecule has 3 nitrogen and oxygen atoms in total. The topological polar surface area (TPSA) is 35.5 Å². The van der Waals surface area contributed by atoms with Crippen LogP contribution in [0, 0.1) is 0 Å². The Bertz CT molecular complexity index is 56.0. The molecule has 1 saturated heterocycles. The van der Waals surface area contributed by atoms with E-state index in [1.807, 2.05) is 0 Å². The van der Waals surface area contributed by atoms with Gasteiger partial charge in [-0.15, -0.1) is 0 Å². The van der Waals surface area contributed by atoms with E-state index >= 15 is 0 Å². The summed E-state index contributed by atoms with van der Waals surface area (Å²) in [6.07, 6.45) is 0. The van der Waals surface area contributed by atoms with Crippen LogP contribution in [0.2, 0.25) is 0 Å². The summed E-state index contributed by atoms with van der Waals surface area (Å²) >= 11 is 0. The van der Waals surface area contributed by atoms with Gasteiger partial charge in [0.2, 0.25) is 0 Å². The Balaban J connectivity index is 0.000000490. The first-order chi connectivity index (χ1) is 3.39. The molecular formula is C4H10CuN2O. The fourth-order valence-corrected chi connectivity index (χ4v) is 0.653. The summed E-state index contributed by atoms with van der Waals surface area (Å²) in [6.45, 7) is 3.35. The Hall–Kier alpha value is 0.399. The molecule has 0 aromatic rings. The van der Waals surface area contributed by atoms with Crippen LogP contribution in [0.25, 0.3) is 0 Å². The first-order valence-electron chi connectivity index (χ1n) is 2.54. The summed E-state index contributed by atoms with van der Waals surface area (Å²) < 4.78 is 0. The second-order valence-electron chi connectivity index (χ2n) is 1.70. The third kappa shape index (κ3) is 2.64. The van der Waals surface area contributed by atoms with Crippen LogP contribution in [-0.2, 0) is 17.1 Å². The molecule has 1 aliphatic heterocycles. The number of nitrogens with zero attached hydrogens (tertiary/aromatic N) is 1. The predicted octanol–water partition coefficient (Wildman–Crippen LogP) is -0.722. The average molecular weight is 166 g/mol. The van der Waals surface area contributed by atoms with Gasteiger partial charge < -0.3 is 10.5 Å². The van der Waals surface area contributed by atoms with Crippen LogP contribution in [0.3, 0.4) is 0 Å². The molecular weight excluding hydrogens is 156 g/mol. The first kappa shape index (κ1) is 8.40. The molecule has 0 amide bonds. The molecule has 1 fully saturated rings. The van der Waals surface area contributed by atoms with Crippen LogP contribution in [0.15, 0.2) is 0 Å². The molecule has 1 heterocycles. The van der Waals surface area contributed by atoms with Crippen molar-refractivity contribution < 1.29 is 22.3 Å². The fourth-order valence-electron chi connectivity index (χ4n) is 0.653. The van der Waals surface area contributed by atoms with Crippen LogP contribution in [0.5, 0.6) is 0 Å². The Kier molecular flexibility index (Phi) is 4.51. The van der Waals surface area contributed by atoms with Crippen molar-refractivity contribution in [2.24, 2.45) is 0 Å². The zero-order valence-electron chi connectivity index (χ0n) is 4.52. The zero-order chi connectivity index (χ0) is 5.11. The summed E-state index contributed by atoms with van der Waals surface area (Å²) in [5, 5.41) is 13.1. The quantitative estimate of drug-likeness (QED) is 0.465. The minimum absolute atomic E-state index is 0. The maximum Gasteiger partial charge on any atom is 0.0363 e. The monoisotopic (exact) mass is 165 g/mol. The zero-order valence-corrected chi connectivity index (χ0v) is 5.47. The second kappa shape index (κ2) is 4.30. The van der Waals surface area contributed by atoms with E-state index in [0.29, 0.717) is 0 Å². The summed E-state index contributed by atoms with van der Waals surface area (Å²) in [7, 11) is 0. The summed E-state index contributed by atoms with van der Waals surface area (Å²) in [5.74, 6) is 0. The van der Waals surface area contributed by atoms with E-state index in [-0.39, 0.29) is 17.1 Å². The normalized spacial score (nSPS) is 22.1.